The summed E-state index contributed by atoms with van der Waals surface area (Å²) in [6.45, 7) is 13.2. The lowest BCUT2D eigenvalue weighted by molar-refractivity contribution is -0.156. The lowest BCUT2D eigenvalue weighted by atomic mass is 9.84. The fraction of sp³-hybridized carbons (Fsp3) is 0.509. The van der Waals surface area contributed by atoms with Gasteiger partial charge in [-0.2, -0.15) is 0 Å². The molecule has 2 saturated heterocycles. The van der Waals surface area contributed by atoms with Crippen LogP contribution in [-0.4, -0.2) is 132 Å². The van der Waals surface area contributed by atoms with Gasteiger partial charge in [-0.05, 0) is 117 Å². The van der Waals surface area contributed by atoms with Crippen LogP contribution in [0.5, 0.6) is 5.75 Å². The molecule has 0 radical (unpaired) electrons. The maximum atomic E-state index is 14.7. The Morgan fingerprint density at radius 1 is 1.06 bits per heavy atom. The number of fused-ring (bicyclic) bond motifs is 6. The number of cyclic esters (lactones) is 1. The summed E-state index contributed by atoms with van der Waals surface area (Å²) in [5.74, 6) is -3.71. The van der Waals surface area contributed by atoms with E-state index in [9.17, 15) is 29.1 Å². The number of benzene rings is 2. The zero-order valence-electron chi connectivity index (χ0n) is 41.5. The molecule has 3 aliphatic heterocycles. The second-order valence-corrected chi connectivity index (χ2v) is 20.2. The maximum Gasteiger partial charge on any atom is 0.324 e. The molecule has 4 atom stereocenters. The van der Waals surface area contributed by atoms with Gasteiger partial charge in [0.15, 0.2) is 0 Å². The number of aryl methyl sites for hydroxylation is 1. The number of phenolic OH excluding ortho intramolecular Hbond substituents is 1. The number of rotatable bonds is 13. The van der Waals surface area contributed by atoms with Gasteiger partial charge in [0.25, 0.3) is 5.91 Å². The Hall–Kier alpha value is -6.10. The predicted molar refractivity (Wildman–Crippen MR) is 264 cm³/mol. The number of aromatic nitrogens is 2. The summed E-state index contributed by atoms with van der Waals surface area (Å²) in [6.07, 6.45) is 7.35. The summed E-state index contributed by atoms with van der Waals surface area (Å²) in [5, 5.41) is 19.6. The molecule has 16 nitrogen and oxygen atoms in total. The Morgan fingerprint density at radius 3 is 2.59 bits per heavy atom. The molecule has 4 N–H and O–H groups in total. The van der Waals surface area contributed by atoms with Crippen LogP contribution in [0.2, 0.25) is 0 Å². The summed E-state index contributed by atoms with van der Waals surface area (Å²) in [5.41, 5.74) is 9.51. The van der Waals surface area contributed by atoms with E-state index in [4.69, 9.17) is 14.5 Å². The third kappa shape index (κ3) is 12.0. The van der Waals surface area contributed by atoms with Gasteiger partial charge >= 0.3 is 5.97 Å². The average Bonchev–Trinajstić information content (AvgIpc) is 3.91. The maximum absolute atomic E-state index is 14.7. The van der Waals surface area contributed by atoms with Crippen molar-refractivity contribution < 1.29 is 38.6 Å². The molecule has 16 heteroatoms. The first-order valence-electron chi connectivity index (χ1n) is 24.3. The van der Waals surface area contributed by atoms with Crippen molar-refractivity contribution in [2.24, 2.45) is 23.2 Å². The SMILES string of the molecule is CCn1c(-c2cccnc2COC)c2c3cc(ccc31)-c1cc(O)cc(c1)C[C@H](NC(=O)[C@H](C(=O)NC[C@@H]1CCN(C(=O)/C=C/CN(C)C)C1)C(C)C)C(=O)N1CCC[C@H](N1)C(=O)OCC(C)(C)C2. The highest BCUT2D eigenvalue weighted by atomic mass is 16.5. The number of aromatic hydroxyl groups is 1. The number of nitrogens with zero attached hydrogens (tertiary/aromatic N) is 5. The number of carbonyl (C=O) groups is 5. The van der Waals surface area contributed by atoms with Crippen LogP contribution in [0.4, 0.5) is 0 Å². The van der Waals surface area contributed by atoms with E-state index in [1.54, 1.807) is 50.3 Å². The molecule has 4 amide bonds. The molecule has 0 saturated carbocycles. The van der Waals surface area contributed by atoms with Gasteiger partial charge in [0.1, 0.15) is 23.8 Å². The summed E-state index contributed by atoms with van der Waals surface area (Å²) < 4.78 is 14.0. The molecule has 2 aromatic carbocycles. The molecule has 5 heterocycles. The van der Waals surface area contributed by atoms with E-state index < -0.39 is 53.0 Å². The van der Waals surface area contributed by atoms with E-state index in [0.717, 1.165) is 39.0 Å². The van der Waals surface area contributed by atoms with Crippen LogP contribution < -0.4 is 16.1 Å². The van der Waals surface area contributed by atoms with Crippen LogP contribution >= 0.6 is 0 Å². The van der Waals surface area contributed by atoms with Crippen LogP contribution in [0.3, 0.4) is 0 Å². The minimum Gasteiger partial charge on any atom is -0.508 e. The van der Waals surface area contributed by atoms with Crippen LogP contribution in [-0.2, 0) is 59.4 Å². The molecule has 2 fully saturated rings. The molecule has 0 aliphatic carbocycles. The average molecular weight is 947 g/mol. The molecule has 2 aromatic heterocycles. The highest BCUT2D eigenvalue weighted by Crippen LogP contribution is 2.41. The molecule has 7 rings (SSSR count). The predicted octanol–water partition coefficient (Wildman–Crippen LogP) is 5.25. The number of amides is 4. The number of pyridine rings is 1. The third-order valence-corrected chi connectivity index (χ3v) is 13.4. The van der Waals surface area contributed by atoms with Crippen LogP contribution in [0, 0.1) is 23.2 Å². The topological polar surface area (TPSA) is 188 Å². The van der Waals surface area contributed by atoms with Crippen LogP contribution in [0.1, 0.15) is 70.7 Å². The fourth-order valence-corrected chi connectivity index (χ4v) is 9.93. The number of esters is 1. The monoisotopic (exact) mass is 947 g/mol. The Morgan fingerprint density at radius 2 is 1.86 bits per heavy atom. The summed E-state index contributed by atoms with van der Waals surface area (Å²) >= 11 is 0. The van der Waals surface area contributed by atoms with E-state index in [2.05, 4.69) is 59.6 Å². The van der Waals surface area contributed by atoms with Gasteiger partial charge in [-0.15, -0.1) is 0 Å². The molecule has 370 valence electrons. The van der Waals surface area contributed by atoms with Crippen LogP contribution in [0.15, 0.2) is 66.9 Å². The van der Waals surface area contributed by atoms with Gasteiger partial charge in [-0.1, -0.05) is 45.9 Å². The minimum absolute atomic E-state index is 0.0163. The number of ether oxygens (including phenoxy) is 2. The first-order chi connectivity index (χ1) is 33.0. The summed E-state index contributed by atoms with van der Waals surface area (Å²) in [7, 11) is 5.52. The van der Waals surface area contributed by atoms with Gasteiger partial charge in [0.05, 0.1) is 24.6 Å². The first kappa shape index (κ1) is 50.8. The Labute approximate surface area is 405 Å². The first-order valence-corrected chi connectivity index (χ1v) is 24.3. The van der Waals surface area contributed by atoms with Crippen LogP contribution in [0.25, 0.3) is 33.3 Å². The number of likely N-dealkylation sites (tertiary alicyclic amines) is 1. The lowest BCUT2D eigenvalue weighted by Gasteiger charge is -2.36. The van der Waals surface area contributed by atoms with Crippen molar-refractivity contribution in [3.8, 4) is 28.1 Å². The molecular formula is C53H70N8O8. The number of likely N-dealkylation sites (N-methyl/N-ethyl adjacent to an activating group) is 1. The van der Waals surface area contributed by atoms with Gasteiger partial charge in [-0.3, -0.25) is 34.0 Å². The molecule has 6 bridgehead atoms. The Balaban J connectivity index is 1.22. The van der Waals surface area contributed by atoms with Crippen molar-refractivity contribution in [3.63, 3.8) is 0 Å². The Kier molecular flexibility index (Phi) is 16.3. The number of phenols is 1. The van der Waals surface area contributed by atoms with Gasteiger partial charge < -0.3 is 39.6 Å². The van der Waals surface area contributed by atoms with Gasteiger partial charge in [-0.25, -0.2) is 5.43 Å². The van der Waals surface area contributed by atoms with Crippen molar-refractivity contribution in [1.29, 1.82) is 0 Å². The fourth-order valence-electron chi connectivity index (χ4n) is 9.93. The zero-order valence-corrected chi connectivity index (χ0v) is 41.5. The lowest BCUT2D eigenvalue weighted by Crippen LogP contribution is -2.61. The zero-order chi connectivity index (χ0) is 49.6. The van der Waals surface area contributed by atoms with Crippen molar-refractivity contribution in [3.05, 3.63) is 83.7 Å². The smallest absolute Gasteiger partial charge is 0.324 e. The number of hydrazine groups is 1. The quantitative estimate of drug-likeness (QED) is 0.0780. The molecule has 3 aliphatic rings. The summed E-state index contributed by atoms with van der Waals surface area (Å²) in [4.78, 5) is 78.1. The minimum atomic E-state index is -1.19. The largest absolute Gasteiger partial charge is 0.508 e. The number of nitrogens with one attached hydrogen (secondary N) is 3. The second-order valence-electron chi connectivity index (χ2n) is 20.2. The highest BCUT2D eigenvalue weighted by Gasteiger charge is 2.38. The molecule has 0 unspecified atom stereocenters. The molecular weight excluding hydrogens is 877 g/mol. The summed E-state index contributed by atoms with van der Waals surface area (Å²) in [6, 6.07) is 13.4. The number of hydrogen-bond donors (Lipinski definition) is 4. The molecule has 0 spiro atoms. The Bertz CT molecular complexity index is 2570. The van der Waals surface area contributed by atoms with E-state index >= 15 is 0 Å². The van der Waals surface area contributed by atoms with E-state index in [1.807, 2.05) is 43.3 Å². The van der Waals surface area contributed by atoms with Crippen molar-refractivity contribution in [2.75, 3.05) is 60.5 Å². The van der Waals surface area contributed by atoms with Crippen molar-refractivity contribution in [2.45, 2.75) is 92.0 Å². The van der Waals surface area contributed by atoms with Gasteiger partial charge in [0.2, 0.25) is 17.7 Å². The van der Waals surface area contributed by atoms with E-state index in [-0.39, 0.29) is 43.7 Å². The number of hydrogen-bond acceptors (Lipinski definition) is 11. The van der Waals surface area contributed by atoms with Gasteiger partial charge in [0, 0.05) is 87.0 Å². The van der Waals surface area contributed by atoms with E-state index in [1.165, 1.54) is 5.01 Å². The molecule has 69 heavy (non-hydrogen) atoms. The van der Waals surface area contributed by atoms with Crippen molar-refractivity contribution in [1.82, 2.24) is 40.4 Å². The standard InChI is InChI=1S/C53H70N8O8/c1-9-60-45-17-16-36-27-40(45)41(48(60)39-13-10-19-54-44(39)31-68-8)28-53(4,5)32-69-52(67)42-14-11-21-61(57-42)51(66)43(25-35-23-37(36)26-38(62)24-35)56-50(65)47(33(2)3)49(64)55-29-34-18-22-59(30-34)46(63)15-12-20-58(6)7/h10,12-13,15-17,19,23-24,26-27,33-34,42-43,47,57,62H,9,11,14,18,20-22,25,28-32H2,1-8H3,(H,55,64)(H,56,65)/b15-12+/t34-,42-,43-,47-/m0/s1. The highest BCUT2D eigenvalue weighted by molar-refractivity contribution is 6.02. The molecule has 4 aromatic rings. The second kappa shape index (κ2) is 22.1. The van der Waals surface area contributed by atoms with Crippen molar-refractivity contribution >= 4 is 40.5 Å². The third-order valence-electron chi connectivity index (χ3n) is 13.4. The normalized spacial score (nSPS) is 20.3. The van der Waals surface area contributed by atoms with E-state index in [0.29, 0.717) is 69.6 Å². The number of carbonyl (C=O) groups excluding carboxylic acids is 5. The number of methoxy groups -OCH3 is 1.